The fraction of sp³-hybridized carbons (Fsp3) is 0.235. The Balaban J connectivity index is 2.44. The highest BCUT2D eigenvalue weighted by atomic mass is 16.5. The maximum absolute atomic E-state index is 11.5. The molecule has 0 spiro atoms. The van der Waals surface area contributed by atoms with Gasteiger partial charge in [-0.2, -0.15) is 10.2 Å². The lowest BCUT2D eigenvalue weighted by Gasteiger charge is -2.17. The molecule has 1 heterocycles. The van der Waals surface area contributed by atoms with Crippen LogP contribution in [0.2, 0.25) is 0 Å². The number of amides is 1. The molecule has 0 radical (unpaired) electrons. The Labute approximate surface area is 149 Å². The van der Waals surface area contributed by atoms with Gasteiger partial charge in [-0.1, -0.05) is 12.1 Å². The molecular weight excluding hydrogens is 338 g/mol. The van der Waals surface area contributed by atoms with Crippen LogP contribution >= 0.6 is 0 Å². The van der Waals surface area contributed by atoms with Gasteiger partial charge in [-0.25, -0.2) is 9.78 Å². The summed E-state index contributed by atoms with van der Waals surface area (Å²) in [7, 11) is 0. The summed E-state index contributed by atoms with van der Waals surface area (Å²) in [5, 5.41) is 20.9. The minimum atomic E-state index is -1.33. The van der Waals surface area contributed by atoms with Crippen LogP contribution in [0.15, 0.2) is 24.3 Å². The van der Waals surface area contributed by atoms with Gasteiger partial charge in [0.25, 0.3) is 0 Å². The first-order valence-electron chi connectivity index (χ1n) is 7.64. The van der Waals surface area contributed by atoms with Gasteiger partial charge < -0.3 is 20.9 Å². The average molecular weight is 355 g/mol. The number of benzene rings is 1. The molecule has 0 aliphatic heterocycles. The van der Waals surface area contributed by atoms with Crippen molar-refractivity contribution in [2.24, 2.45) is 0 Å². The minimum absolute atomic E-state index is 0.131. The van der Waals surface area contributed by atoms with Crippen LogP contribution in [0.3, 0.4) is 0 Å². The van der Waals surface area contributed by atoms with Gasteiger partial charge in [-0.3, -0.25) is 4.79 Å². The van der Waals surface area contributed by atoms with Gasteiger partial charge in [-0.15, -0.1) is 0 Å². The Bertz CT molecular complexity index is 891. The largest absolute Gasteiger partial charge is 0.477 e. The van der Waals surface area contributed by atoms with Crippen molar-refractivity contribution < 1.29 is 19.4 Å². The maximum Gasteiger partial charge on any atom is 0.345 e. The zero-order valence-corrected chi connectivity index (χ0v) is 14.2. The lowest BCUT2D eigenvalue weighted by Crippen LogP contribution is -2.32. The van der Waals surface area contributed by atoms with E-state index in [9.17, 15) is 14.7 Å². The SMILES string of the molecule is CC(=O)NC[C@@H](C)Oc1nc(-c2cccc(C#N)c2)nc(N)c1C(=O)O. The third-order valence-corrected chi connectivity index (χ3v) is 3.32. The number of nitrogens with zero attached hydrogens (tertiary/aromatic N) is 3. The molecule has 9 nitrogen and oxygen atoms in total. The zero-order valence-electron chi connectivity index (χ0n) is 14.2. The first-order chi connectivity index (χ1) is 12.3. The van der Waals surface area contributed by atoms with Crippen molar-refractivity contribution in [1.29, 1.82) is 5.26 Å². The molecule has 0 aliphatic carbocycles. The molecule has 0 fully saturated rings. The molecule has 0 bridgehead atoms. The molecule has 0 aliphatic rings. The van der Waals surface area contributed by atoms with E-state index in [2.05, 4.69) is 15.3 Å². The minimum Gasteiger partial charge on any atom is -0.477 e. The number of carbonyl (C=O) groups is 2. The Kier molecular flexibility index (Phi) is 5.70. The zero-order chi connectivity index (χ0) is 19.3. The highest BCUT2D eigenvalue weighted by Gasteiger charge is 2.22. The Morgan fingerprint density at radius 3 is 2.77 bits per heavy atom. The lowest BCUT2D eigenvalue weighted by atomic mass is 10.1. The smallest absolute Gasteiger partial charge is 0.345 e. The predicted molar refractivity (Wildman–Crippen MR) is 92.3 cm³/mol. The van der Waals surface area contributed by atoms with E-state index in [1.54, 1.807) is 31.2 Å². The van der Waals surface area contributed by atoms with Gasteiger partial charge in [-0.05, 0) is 19.1 Å². The highest BCUT2D eigenvalue weighted by Crippen LogP contribution is 2.27. The molecule has 9 heteroatoms. The number of nitrogens with two attached hydrogens (primary N) is 1. The normalized spacial score (nSPS) is 11.3. The number of nitrogen functional groups attached to an aromatic ring is 1. The molecule has 0 saturated heterocycles. The van der Waals surface area contributed by atoms with E-state index >= 15 is 0 Å². The van der Waals surface area contributed by atoms with Gasteiger partial charge in [0, 0.05) is 12.5 Å². The number of anilines is 1. The topological polar surface area (TPSA) is 151 Å². The van der Waals surface area contributed by atoms with Crippen molar-refractivity contribution in [3.05, 3.63) is 35.4 Å². The number of carboxylic acid groups (broad SMARTS) is 1. The second-order valence-electron chi connectivity index (χ2n) is 5.48. The summed E-state index contributed by atoms with van der Waals surface area (Å²) in [6.45, 7) is 3.17. The maximum atomic E-state index is 11.5. The molecule has 4 N–H and O–H groups in total. The van der Waals surface area contributed by atoms with E-state index in [1.807, 2.05) is 6.07 Å². The summed E-state index contributed by atoms with van der Waals surface area (Å²) in [6, 6.07) is 8.49. The number of hydrogen-bond donors (Lipinski definition) is 3. The van der Waals surface area contributed by atoms with Crippen molar-refractivity contribution in [3.63, 3.8) is 0 Å². The van der Waals surface area contributed by atoms with Gasteiger partial charge in [0.05, 0.1) is 18.2 Å². The van der Waals surface area contributed by atoms with Gasteiger partial charge in [0.15, 0.2) is 11.4 Å². The molecule has 26 heavy (non-hydrogen) atoms. The highest BCUT2D eigenvalue weighted by molar-refractivity contribution is 5.95. The summed E-state index contributed by atoms with van der Waals surface area (Å²) in [5.74, 6) is -1.91. The van der Waals surface area contributed by atoms with Crippen LogP contribution in [-0.2, 0) is 4.79 Å². The van der Waals surface area contributed by atoms with Crippen molar-refractivity contribution in [3.8, 4) is 23.3 Å². The monoisotopic (exact) mass is 355 g/mol. The molecular formula is C17H17N5O4. The van der Waals surface area contributed by atoms with Crippen molar-refractivity contribution in [2.45, 2.75) is 20.0 Å². The number of aromatic nitrogens is 2. The summed E-state index contributed by atoms with van der Waals surface area (Å²) in [6.07, 6.45) is -0.551. The number of carbonyl (C=O) groups excluding carboxylic acids is 1. The molecule has 1 amide bonds. The Hall–Kier alpha value is -3.67. The first kappa shape index (κ1) is 18.7. The molecule has 2 aromatic rings. The number of aromatic carboxylic acids is 1. The molecule has 2 rings (SSSR count). The fourth-order valence-electron chi connectivity index (χ4n) is 2.12. The number of nitrogens with one attached hydrogen (secondary N) is 1. The van der Waals surface area contributed by atoms with Crippen LogP contribution in [0.1, 0.15) is 29.8 Å². The van der Waals surface area contributed by atoms with Crippen LogP contribution in [-0.4, -0.2) is 39.6 Å². The molecule has 1 atom stereocenters. The fourth-order valence-corrected chi connectivity index (χ4v) is 2.12. The number of hydrogen-bond acceptors (Lipinski definition) is 7. The van der Waals surface area contributed by atoms with Crippen LogP contribution in [0.5, 0.6) is 5.88 Å². The van der Waals surface area contributed by atoms with Crippen molar-refractivity contribution in [2.75, 3.05) is 12.3 Å². The number of rotatable bonds is 6. The van der Waals surface area contributed by atoms with Gasteiger partial charge in [0.1, 0.15) is 11.9 Å². The predicted octanol–water partition coefficient (Wildman–Crippen LogP) is 1.20. The summed E-state index contributed by atoms with van der Waals surface area (Å²) in [4.78, 5) is 30.6. The van der Waals surface area contributed by atoms with Crippen LogP contribution < -0.4 is 15.8 Å². The van der Waals surface area contributed by atoms with E-state index in [4.69, 9.17) is 15.7 Å². The standard InChI is InChI=1S/C17H17N5O4/c1-9(8-20-10(2)23)26-16-13(17(24)25)14(19)21-15(22-16)12-5-3-4-11(6-12)7-18/h3-6,9H,8H2,1-2H3,(H,20,23)(H,24,25)(H2,19,21,22)/t9-/m1/s1. The van der Waals surface area contributed by atoms with Crippen LogP contribution in [0.25, 0.3) is 11.4 Å². The molecule has 0 saturated carbocycles. The van der Waals surface area contributed by atoms with E-state index in [0.29, 0.717) is 11.1 Å². The summed E-state index contributed by atoms with van der Waals surface area (Å²) in [5.41, 5.74) is 6.31. The summed E-state index contributed by atoms with van der Waals surface area (Å²) >= 11 is 0. The number of nitriles is 1. The van der Waals surface area contributed by atoms with E-state index in [-0.39, 0.29) is 35.5 Å². The van der Waals surface area contributed by atoms with E-state index in [0.717, 1.165) is 0 Å². The number of ether oxygens (including phenoxy) is 1. The van der Waals surface area contributed by atoms with Gasteiger partial charge in [0.2, 0.25) is 11.8 Å². The molecule has 134 valence electrons. The van der Waals surface area contributed by atoms with Crippen LogP contribution in [0, 0.1) is 11.3 Å². The molecule has 1 aromatic heterocycles. The average Bonchev–Trinajstić information content (AvgIpc) is 2.59. The third-order valence-electron chi connectivity index (χ3n) is 3.32. The van der Waals surface area contributed by atoms with Gasteiger partial charge >= 0.3 is 5.97 Å². The van der Waals surface area contributed by atoms with Crippen LogP contribution in [0.4, 0.5) is 5.82 Å². The van der Waals surface area contributed by atoms with E-state index in [1.165, 1.54) is 6.92 Å². The third kappa shape index (κ3) is 4.45. The first-order valence-corrected chi connectivity index (χ1v) is 7.64. The quantitative estimate of drug-likeness (QED) is 0.699. The molecule has 0 unspecified atom stereocenters. The second-order valence-corrected chi connectivity index (χ2v) is 5.48. The Morgan fingerprint density at radius 2 is 2.15 bits per heavy atom. The van der Waals surface area contributed by atoms with E-state index < -0.39 is 12.1 Å². The Morgan fingerprint density at radius 1 is 1.42 bits per heavy atom. The van der Waals surface area contributed by atoms with Crippen molar-refractivity contribution in [1.82, 2.24) is 15.3 Å². The summed E-state index contributed by atoms with van der Waals surface area (Å²) < 4.78 is 5.57. The van der Waals surface area contributed by atoms with Crippen molar-refractivity contribution >= 4 is 17.7 Å². The molecule has 1 aromatic carbocycles. The number of carboxylic acids is 1. The lowest BCUT2D eigenvalue weighted by molar-refractivity contribution is -0.119. The second kappa shape index (κ2) is 7.94.